The molecule has 0 saturated carbocycles. The predicted octanol–water partition coefficient (Wildman–Crippen LogP) is 4.41. The highest BCUT2D eigenvalue weighted by atomic mass is 32.2. The van der Waals surface area contributed by atoms with Crippen molar-refractivity contribution in [2.24, 2.45) is 0 Å². The molecule has 0 aliphatic carbocycles. The number of hydrogen-bond acceptors (Lipinski definition) is 9. The lowest BCUT2D eigenvalue weighted by Crippen LogP contribution is -2.17. The maximum Gasteiger partial charge on any atom is 0.319 e. The number of aryl methyl sites for hydroxylation is 2. The van der Waals surface area contributed by atoms with Crippen LogP contribution in [0, 0.1) is 13.8 Å². The lowest BCUT2D eigenvalue weighted by Gasteiger charge is -2.13. The van der Waals surface area contributed by atoms with Gasteiger partial charge < -0.3 is 9.47 Å². The average Bonchev–Trinajstić information content (AvgIpc) is 3.15. The molecule has 1 aromatic carbocycles. The number of aromatic nitrogens is 5. The topological polar surface area (TPSA) is 92.0 Å². The minimum Gasteiger partial charge on any atom is -0.494 e. The molecule has 32 heavy (non-hydrogen) atoms. The van der Waals surface area contributed by atoms with Crippen molar-refractivity contribution in [2.45, 2.75) is 55.9 Å². The third-order valence-corrected chi connectivity index (χ3v) is 6.16. The first-order valence-corrected chi connectivity index (χ1v) is 12.2. The summed E-state index contributed by atoms with van der Waals surface area (Å²) in [6.45, 7) is 10.4. The average molecular weight is 474 g/mol. The second kappa shape index (κ2) is 11.3. The van der Waals surface area contributed by atoms with Crippen molar-refractivity contribution in [3.63, 3.8) is 0 Å². The van der Waals surface area contributed by atoms with Crippen molar-refractivity contribution in [1.82, 2.24) is 24.7 Å². The summed E-state index contributed by atoms with van der Waals surface area (Å²) < 4.78 is 12.7. The normalized spacial score (nSPS) is 11.9. The number of carbonyl (C=O) groups excluding carboxylic acids is 1. The first kappa shape index (κ1) is 24.1. The number of rotatable bonds is 10. The molecule has 0 bridgehead atoms. The second-order valence-electron chi connectivity index (χ2n) is 6.90. The summed E-state index contributed by atoms with van der Waals surface area (Å²) in [5.74, 6) is 1.77. The first-order chi connectivity index (χ1) is 15.4. The molecule has 3 rings (SSSR count). The van der Waals surface area contributed by atoms with E-state index in [2.05, 4.69) is 20.2 Å². The van der Waals surface area contributed by atoms with E-state index in [1.807, 2.05) is 55.7 Å². The Balaban J connectivity index is 1.90. The zero-order chi connectivity index (χ0) is 23.1. The van der Waals surface area contributed by atoms with E-state index in [9.17, 15) is 4.79 Å². The van der Waals surface area contributed by atoms with E-state index in [1.54, 1.807) is 13.8 Å². The predicted molar refractivity (Wildman–Crippen MR) is 126 cm³/mol. The van der Waals surface area contributed by atoms with E-state index in [0.29, 0.717) is 29.3 Å². The van der Waals surface area contributed by atoms with Crippen LogP contribution in [0.5, 0.6) is 5.75 Å². The van der Waals surface area contributed by atoms with Crippen molar-refractivity contribution >= 4 is 29.5 Å². The highest BCUT2D eigenvalue weighted by Gasteiger charge is 2.22. The first-order valence-electron chi connectivity index (χ1n) is 10.4. The summed E-state index contributed by atoms with van der Waals surface area (Å²) in [5, 5.41) is 9.66. The molecular formula is C22H27N5O3S2. The summed E-state index contributed by atoms with van der Waals surface area (Å²) in [6, 6.07) is 9.67. The van der Waals surface area contributed by atoms with Gasteiger partial charge in [-0.25, -0.2) is 9.97 Å². The Morgan fingerprint density at radius 2 is 1.75 bits per heavy atom. The molecule has 1 atom stereocenters. The van der Waals surface area contributed by atoms with Crippen LogP contribution in [0.25, 0.3) is 5.69 Å². The highest BCUT2D eigenvalue weighted by molar-refractivity contribution is 8.00. The fraction of sp³-hybridized carbons (Fsp3) is 0.409. The molecule has 0 aliphatic heterocycles. The van der Waals surface area contributed by atoms with Crippen molar-refractivity contribution in [1.29, 1.82) is 0 Å². The van der Waals surface area contributed by atoms with Crippen molar-refractivity contribution in [3.05, 3.63) is 47.5 Å². The van der Waals surface area contributed by atoms with Gasteiger partial charge in [0.25, 0.3) is 0 Å². The molecular weight excluding hydrogens is 446 g/mol. The van der Waals surface area contributed by atoms with Gasteiger partial charge in [0.15, 0.2) is 10.3 Å². The lowest BCUT2D eigenvalue weighted by molar-refractivity contribution is -0.142. The molecule has 0 N–H and O–H groups in total. The minimum atomic E-state index is -0.413. The second-order valence-corrected chi connectivity index (χ2v) is 9.15. The van der Waals surface area contributed by atoms with Crippen LogP contribution in [0.1, 0.15) is 38.0 Å². The molecule has 0 spiro atoms. The SMILES string of the molecule is CCOC(=O)C(C)Sc1nnc(CSc2nc(C)cc(C)n2)n1-c1ccc(OCC)cc1. The molecule has 0 radical (unpaired) electrons. The van der Waals surface area contributed by atoms with Gasteiger partial charge in [-0.2, -0.15) is 0 Å². The molecule has 8 nitrogen and oxygen atoms in total. The molecule has 0 saturated heterocycles. The van der Waals surface area contributed by atoms with Crippen LogP contribution in [0.3, 0.4) is 0 Å². The van der Waals surface area contributed by atoms with Crippen LogP contribution in [0.4, 0.5) is 0 Å². The van der Waals surface area contributed by atoms with Crippen molar-refractivity contribution in [3.8, 4) is 11.4 Å². The molecule has 0 fully saturated rings. The van der Waals surface area contributed by atoms with Gasteiger partial charge in [0.2, 0.25) is 0 Å². The zero-order valence-corrected chi connectivity index (χ0v) is 20.5. The Hall–Kier alpha value is -2.59. The van der Waals surface area contributed by atoms with Gasteiger partial charge in [0.1, 0.15) is 16.8 Å². The smallest absolute Gasteiger partial charge is 0.319 e. The fourth-order valence-electron chi connectivity index (χ4n) is 2.94. The largest absolute Gasteiger partial charge is 0.494 e. The summed E-state index contributed by atoms with van der Waals surface area (Å²) in [6.07, 6.45) is 0. The minimum absolute atomic E-state index is 0.279. The van der Waals surface area contributed by atoms with Crippen LogP contribution < -0.4 is 4.74 Å². The Kier molecular flexibility index (Phi) is 8.52. The van der Waals surface area contributed by atoms with E-state index in [1.165, 1.54) is 23.5 Å². The Labute approximate surface area is 196 Å². The summed E-state index contributed by atoms with van der Waals surface area (Å²) in [7, 11) is 0. The van der Waals surface area contributed by atoms with Crippen LogP contribution in [-0.2, 0) is 15.3 Å². The quantitative estimate of drug-likeness (QED) is 0.241. The molecule has 0 amide bonds. The Bertz CT molecular complexity index is 1040. The zero-order valence-electron chi connectivity index (χ0n) is 18.9. The van der Waals surface area contributed by atoms with Gasteiger partial charge in [0, 0.05) is 17.1 Å². The van der Waals surface area contributed by atoms with Gasteiger partial charge in [-0.15, -0.1) is 10.2 Å². The van der Waals surface area contributed by atoms with Crippen LogP contribution in [0.15, 0.2) is 40.6 Å². The molecule has 170 valence electrons. The number of esters is 1. The maximum absolute atomic E-state index is 12.2. The van der Waals surface area contributed by atoms with E-state index in [0.717, 1.165) is 28.6 Å². The highest BCUT2D eigenvalue weighted by Crippen LogP contribution is 2.29. The summed E-state index contributed by atoms with van der Waals surface area (Å²) in [5.41, 5.74) is 2.73. The van der Waals surface area contributed by atoms with Gasteiger partial charge >= 0.3 is 5.97 Å². The molecule has 2 heterocycles. The standard InChI is InChI=1S/C22H27N5O3S2/c1-6-29-18-10-8-17(9-11-18)27-19(13-31-21-23-14(3)12-15(4)24-21)25-26-22(27)32-16(5)20(28)30-7-2/h8-12,16H,6-7,13H2,1-5H3. The third-order valence-electron chi connectivity index (χ3n) is 4.30. The van der Waals surface area contributed by atoms with E-state index in [-0.39, 0.29) is 5.97 Å². The summed E-state index contributed by atoms with van der Waals surface area (Å²) in [4.78, 5) is 21.1. The van der Waals surface area contributed by atoms with E-state index >= 15 is 0 Å². The molecule has 10 heteroatoms. The van der Waals surface area contributed by atoms with Crippen LogP contribution in [-0.4, -0.2) is 49.2 Å². The molecule has 0 aliphatic rings. The van der Waals surface area contributed by atoms with Crippen LogP contribution >= 0.6 is 23.5 Å². The number of ether oxygens (including phenoxy) is 2. The molecule has 2 aromatic heterocycles. The van der Waals surface area contributed by atoms with E-state index in [4.69, 9.17) is 9.47 Å². The number of carbonyl (C=O) groups is 1. The van der Waals surface area contributed by atoms with E-state index < -0.39 is 5.25 Å². The Morgan fingerprint density at radius 3 is 2.38 bits per heavy atom. The van der Waals surface area contributed by atoms with Gasteiger partial charge in [-0.05, 0) is 65.0 Å². The Morgan fingerprint density at radius 1 is 1.06 bits per heavy atom. The summed E-state index contributed by atoms with van der Waals surface area (Å²) >= 11 is 2.82. The van der Waals surface area contributed by atoms with Crippen molar-refractivity contribution < 1.29 is 14.3 Å². The van der Waals surface area contributed by atoms with Crippen molar-refractivity contribution in [2.75, 3.05) is 13.2 Å². The molecule has 3 aromatic rings. The molecule has 1 unspecified atom stereocenters. The maximum atomic E-state index is 12.2. The van der Waals surface area contributed by atoms with Gasteiger partial charge in [-0.1, -0.05) is 23.5 Å². The van der Waals surface area contributed by atoms with Gasteiger partial charge in [-0.3, -0.25) is 9.36 Å². The lowest BCUT2D eigenvalue weighted by atomic mass is 10.3. The fourth-order valence-corrected chi connectivity index (χ4v) is 4.69. The van der Waals surface area contributed by atoms with Gasteiger partial charge in [0.05, 0.1) is 19.0 Å². The van der Waals surface area contributed by atoms with Crippen LogP contribution in [0.2, 0.25) is 0 Å². The number of nitrogens with zero attached hydrogens (tertiary/aromatic N) is 5. The third kappa shape index (κ3) is 6.23. The number of hydrogen-bond donors (Lipinski definition) is 0. The monoisotopic (exact) mass is 473 g/mol. The number of thioether (sulfide) groups is 2. The number of benzene rings is 1.